The zero-order valence-corrected chi connectivity index (χ0v) is 26.7. The van der Waals surface area contributed by atoms with Crippen molar-refractivity contribution in [3.63, 3.8) is 0 Å². The van der Waals surface area contributed by atoms with Crippen LogP contribution in [-0.2, 0) is 37.1 Å². The van der Waals surface area contributed by atoms with Gasteiger partial charge in [-0.25, -0.2) is 0 Å². The van der Waals surface area contributed by atoms with Gasteiger partial charge in [0.05, 0.1) is 13.7 Å². The Balaban J connectivity index is 0.000000621. The molecule has 6 nitrogen and oxygen atoms in total. The molecule has 0 fully saturated rings. The van der Waals surface area contributed by atoms with Gasteiger partial charge in [0, 0.05) is 37.4 Å². The van der Waals surface area contributed by atoms with Crippen molar-refractivity contribution in [2.45, 2.75) is 25.3 Å². The Morgan fingerprint density at radius 2 is 1.47 bits per heavy atom. The van der Waals surface area contributed by atoms with Crippen LogP contribution in [0.4, 0.5) is 0 Å². The normalized spacial score (nSPS) is 11.3. The number of hydrogen-bond donors (Lipinski definition) is 2. The SMILES string of the molecule is COc1ccccc1[PH+](c1ccccc1CO)c1c(Cl)sc(Cl)c1S(=O)(=O)O.Cc1cccc(C)n1.[CH3-].[Pd]. The average molecular weight is 707 g/mol. The molecule has 0 aliphatic rings. The Morgan fingerprint density at radius 3 is 1.97 bits per heavy atom. The van der Waals surface area contributed by atoms with E-state index in [-0.39, 0.29) is 48.4 Å². The van der Waals surface area contributed by atoms with E-state index < -0.39 is 22.9 Å². The number of thiophene rings is 1. The number of aliphatic hydroxyl groups is 1. The molecule has 12 heteroatoms. The first kappa shape index (κ1) is 34.7. The van der Waals surface area contributed by atoms with Crippen LogP contribution in [0.1, 0.15) is 17.0 Å². The van der Waals surface area contributed by atoms with Crippen molar-refractivity contribution in [3.8, 4) is 5.75 Å². The van der Waals surface area contributed by atoms with E-state index in [4.69, 9.17) is 27.9 Å². The fourth-order valence-corrected chi connectivity index (χ4v) is 10.8. The van der Waals surface area contributed by atoms with Gasteiger partial charge in [-0.15, -0.1) is 11.3 Å². The van der Waals surface area contributed by atoms with Crippen molar-refractivity contribution in [3.05, 3.63) is 99.8 Å². The molecule has 0 saturated carbocycles. The predicted octanol–water partition coefficient (Wildman–Crippen LogP) is 5.44. The van der Waals surface area contributed by atoms with Crippen LogP contribution in [0, 0.1) is 21.3 Å². The molecule has 0 spiro atoms. The smallest absolute Gasteiger partial charge is 0.300 e. The molecule has 2 heterocycles. The summed E-state index contributed by atoms with van der Waals surface area (Å²) in [5.41, 5.74) is 2.80. The van der Waals surface area contributed by atoms with E-state index in [2.05, 4.69) is 4.98 Å². The summed E-state index contributed by atoms with van der Waals surface area (Å²) in [7, 11) is -5.22. The first-order chi connectivity index (χ1) is 17.1. The Hall–Kier alpha value is -1.37. The van der Waals surface area contributed by atoms with Gasteiger partial charge < -0.3 is 17.3 Å². The Morgan fingerprint density at radius 1 is 0.921 bits per heavy atom. The molecule has 2 aromatic carbocycles. The third-order valence-corrected chi connectivity index (χ3v) is 11.4. The zero-order valence-electron chi connectivity index (χ0n) is 21.0. The quantitative estimate of drug-likeness (QED) is 0.120. The van der Waals surface area contributed by atoms with Crippen molar-refractivity contribution >= 4 is 68.5 Å². The summed E-state index contributed by atoms with van der Waals surface area (Å²) in [5.74, 6) is 0.545. The molecule has 0 amide bonds. The summed E-state index contributed by atoms with van der Waals surface area (Å²) in [6.45, 7) is 3.75. The number of aromatic nitrogens is 1. The molecule has 0 radical (unpaired) electrons. The van der Waals surface area contributed by atoms with Crippen molar-refractivity contribution in [2.75, 3.05) is 7.11 Å². The van der Waals surface area contributed by atoms with Gasteiger partial charge in [0.15, 0.2) is 15.9 Å². The average Bonchev–Trinajstić information content (AvgIpc) is 3.14. The molecule has 1 unspecified atom stereocenters. The fourth-order valence-electron chi connectivity index (χ4n) is 3.65. The number of nitrogens with zero attached hydrogens (tertiary/aromatic N) is 1. The van der Waals surface area contributed by atoms with E-state index in [1.165, 1.54) is 7.11 Å². The Labute approximate surface area is 253 Å². The topological polar surface area (TPSA) is 96.7 Å². The van der Waals surface area contributed by atoms with Gasteiger partial charge in [-0.3, -0.25) is 9.54 Å². The predicted molar refractivity (Wildman–Crippen MR) is 157 cm³/mol. The van der Waals surface area contributed by atoms with Gasteiger partial charge in [-0.05, 0) is 44.2 Å². The van der Waals surface area contributed by atoms with Crippen LogP contribution in [-0.4, -0.2) is 30.2 Å². The first-order valence-electron chi connectivity index (χ1n) is 10.6. The summed E-state index contributed by atoms with van der Waals surface area (Å²) < 4.78 is 39.6. The van der Waals surface area contributed by atoms with Crippen LogP contribution in [0.15, 0.2) is 71.6 Å². The maximum atomic E-state index is 12.1. The third kappa shape index (κ3) is 8.32. The Bertz CT molecular complexity index is 1400. The van der Waals surface area contributed by atoms with E-state index in [1.54, 1.807) is 36.4 Å². The molecule has 0 saturated heterocycles. The maximum absolute atomic E-state index is 12.1. The number of aryl methyl sites for hydroxylation is 2. The van der Waals surface area contributed by atoms with Crippen molar-refractivity contribution in [1.82, 2.24) is 4.98 Å². The molecule has 2 N–H and O–H groups in total. The molecule has 4 rings (SSSR count). The molecule has 208 valence electrons. The number of pyridine rings is 1. The second-order valence-corrected chi connectivity index (χ2v) is 13.6. The first-order valence-corrected chi connectivity index (χ1v) is 15.1. The minimum Gasteiger partial charge on any atom is -0.493 e. The molecule has 0 aliphatic heterocycles. The number of benzene rings is 2. The third-order valence-electron chi connectivity index (χ3n) is 5.15. The zero-order chi connectivity index (χ0) is 26.5. The molecule has 1 atom stereocenters. The molecular weight excluding hydrogens is 679 g/mol. The van der Waals surface area contributed by atoms with E-state index in [1.807, 2.05) is 44.2 Å². The van der Waals surface area contributed by atoms with Crippen LogP contribution in [0.3, 0.4) is 0 Å². The number of ether oxygens (including phenoxy) is 1. The molecule has 0 bridgehead atoms. The summed E-state index contributed by atoms with van der Waals surface area (Å²) in [5, 5.41) is 11.5. The van der Waals surface area contributed by atoms with Crippen LogP contribution < -0.4 is 20.7 Å². The molecule has 38 heavy (non-hydrogen) atoms. The molecule has 2 aromatic heterocycles. The number of para-hydroxylation sites is 1. The molecule has 0 aliphatic carbocycles. The van der Waals surface area contributed by atoms with Crippen molar-refractivity contribution in [2.24, 2.45) is 0 Å². The monoisotopic (exact) mass is 705 g/mol. The molecular formula is C26H28Cl2NO5PPdS2. The summed E-state index contributed by atoms with van der Waals surface area (Å²) in [4.78, 5) is 3.78. The molecule has 4 aromatic rings. The maximum Gasteiger partial charge on any atom is 0.300 e. The van der Waals surface area contributed by atoms with Gasteiger partial charge in [0.25, 0.3) is 0 Å². The van der Waals surface area contributed by atoms with Gasteiger partial charge in [0.2, 0.25) is 0 Å². The van der Waals surface area contributed by atoms with Gasteiger partial charge >= 0.3 is 10.1 Å². The number of hydrogen-bond acceptors (Lipinski definition) is 6. The van der Waals surface area contributed by atoms with Crippen LogP contribution in [0.2, 0.25) is 8.67 Å². The Kier molecular flexibility index (Phi) is 14.1. The fraction of sp³-hybridized carbons (Fsp3) is 0.154. The second-order valence-electron chi connectivity index (χ2n) is 7.64. The van der Waals surface area contributed by atoms with Gasteiger partial charge in [-0.2, -0.15) is 8.42 Å². The van der Waals surface area contributed by atoms with Crippen LogP contribution >= 0.6 is 42.5 Å². The summed E-state index contributed by atoms with van der Waals surface area (Å²) in [6, 6.07) is 20.3. The largest absolute Gasteiger partial charge is 0.493 e. The van der Waals surface area contributed by atoms with E-state index in [9.17, 15) is 18.1 Å². The van der Waals surface area contributed by atoms with E-state index >= 15 is 0 Å². The van der Waals surface area contributed by atoms with Crippen molar-refractivity contribution in [1.29, 1.82) is 0 Å². The minimum absolute atomic E-state index is 0. The van der Waals surface area contributed by atoms with E-state index in [0.29, 0.717) is 11.3 Å². The van der Waals surface area contributed by atoms with Crippen molar-refractivity contribution < 1.29 is 43.2 Å². The number of halogens is 2. The summed E-state index contributed by atoms with van der Waals surface area (Å²) >= 11 is 13.4. The van der Waals surface area contributed by atoms with Crippen LogP contribution in [0.25, 0.3) is 0 Å². The van der Waals surface area contributed by atoms with Gasteiger partial charge in [-0.1, -0.05) is 59.6 Å². The van der Waals surface area contributed by atoms with Gasteiger partial charge in [0.1, 0.15) is 27.2 Å². The summed E-state index contributed by atoms with van der Waals surface area (Å²) in [6.07, 6.45) is 0. The standard InChI is InChI=1S/C18H15Cl2O5PS2.C7H9N.CH3.Pd/c1-25-12-7-3-5-9-14(12)26(13-8-4-2-6-11(13)10-21)15-16(28(22,23)24)18(20)27-17(15)19;1-6-4-3-5-7(2)8-6;;/h2-9,21H,10H2,1H3,(H,22,23,24);3-5H,1-2H3;1H3;/q;;-1;/p+1. The van der Waals surface area contributed by atoms with Crippen LogP contribution in [0.5, 0.6) is 5.75 Å². The number of aliphatic hydroxyl groups excluding tert-OH is 1. The second kappa shape index (κ2) is 15.4. The van der Waals surface area contributed by atoms with E-state index in [0.717, 1.165) is 33.3 Å². The minimum atomic E-state index is -4.63. The number of rotatable bonds is 6. The number of methoxy groups -OCH3 is 1.